The van der Waals surface area contributed by atoms with Crippen molar-refractivity contribution < 1.29 is 4.74 Å². The summed E-state index contributed by atoms with van der Waals surface area (Å²) in [6, 6.07) is 7.57. The van der Waals surface area contributed by atoms with Crippen LogP contribution in [0.15, 0.2) is 29.4 Å². The molecule has 0 aliphatic heterocycles. The Morgan fingerprint density at radius 1 is 1.62 bits per heavy atom. The molecule has 0 N–H and O–H groups in total. The lowest BCUT2D eigenvalue weighted by Gasteiger charge is -2.03. The Hall–Kier alpha value is -1.89. The number of hydrogen-bond acceptors (Lipinski definition) is 4. The van der Waals surface area contributed by atoms with Gasteiger partial charge < -0.3 is 4.74 Å². The number of rotatable bonds is 3. The summed E-state index contributed by atoms with van der Waals surface area (Å²) in [4.78, 5) is 10.2. The zero-order valence-electron chi connectivity index (χ0n) is 7.10. The van der Waals surface area contributed by atoms with Crippen molar-refractivity contribution in [1.82, 2.24) is 0 Å². The lowest BCUT2D eigenvalue weighted by atomic mass is 10.1. The third kappa shape index (κ3) is 2.03. The molecule has 0 bridgehead atoms. The molecule has 0 aliphatic carbocycles. The quantitative estimate of drug-likeness (QED) is 0.662. The van der Waals surface area contributed by atoms with Gasteiger partial charge in [0.05, 0.1) is 13.2 Å². The molecular weight excluding hydrogens is 168 g/mol. The molecule has 4 heteroatoms. The van der Waals surface area contributed by atoms with Crippen LogP contribution in [0.25, 0.3) is 0 Å². The van der Waals surface area contributed by atoms with Gasteiger partial charge in [-0.15, -0.1) is 4.91 Å². The predicted octanol–water partition coefficient (Wildman–Crippen LogP) is 2.03. The topological polar surface area (TPSA) is 62.4 Å². The lowest BCUT2D eigenvalue weighted by Crippen LogP contribution is -1.91. The molecule has 0 radical (unpaired) electrons. The molecule has 0 saturated heterocycles. The first-order valence-electron chi connectivity index (χ1n) is 3.68. The smallest absolute Gasteiger partial charge is 0.203 e. The molecule has 1 rings (SSSR count). The van der Waals surface area contributed by atoms with E-state index in [-0.39, 0.29) is 0 Å². The summed E-state index contributed by atoms with van der Waals surface area (Å²) in [7, 11) is 1.52. The number of nitroso groups, excluding NO2 is 1. The maximum atomic E-state index is 10.2. The van der Waals surface area contributed by atoms with E-state index in [0.29, 0.717) is 11.3 Å². The van der Waals surface area contributed by atoms with Gasteiger partial charge in [0, 0.05) is 0 Å². The maximum Gasteiger partial charge on any atom is 0.203 e. The molecular formula is C9H8N2O2. The summed E-state index contributed by atoms with van der Waals surface area (Å²) >= 11 is 0. The van der Waals surface area contributed by atoms with Crippen LogP contribution in [0.3, 0.4) is 0 Å². The molecule has 1 aromatic rings. The van der Waals surface area contributed by atoms with E-state index < -0.39 is 6.04 Å². The number of methoxy groups -OCH3 is 1. The lowest BCUT2D eigenvalue weighted by molar-refractivity contribution is 0.414. The van der Waals surface area contributed by atoms with Gasteiger partial charge in [0.2, 0.25) is 6.04 Å². The van der Waals surface area contributed by atoms with Gasteiger partial charge in [-0.2, -0.15) is 5.26 Å². The second-order valence-electron chi connectivity index (χ2n) is 2.41. The normalized spacial score (nSPS) is 11.4. The van der Waals surface area contributed by atoms with E-state index in [1.807, 2.05) is 0 Å². The van der Waals surface area contributed by atoms with Crippen LogP contribution >= 0.6 is 0 Å². The van der Waals surface area contributed by atoms with Gasteiger partial charge in [-0.1, -0.05) is 12.1 Å². The van der Waals surface area contributed by atoms with Crippen LogP contribution in [-0.2, 0) is 0 Å². The maximum absolute atomic E-state index is 10.2. The Bertz CT molecular complexity index is 344. The third-order valence-electron chi connectivity index (χ3n) is 1.64. The van der Waals surface area contributed by atoms with Gasteiger partial charge in [-0.05, 0) is 22.9 Å². The summed E-state index contributed by atoms with van der Waals surface area (Å²) in [5.74, 6) is 0.612. The monoisotopic (exact) mass is 176 g/mol. The Balaban J connectivity index is 3.01. The van der Waals surface area contributed by atoms with E-state index in [9.17, 15) is 4.91 Å². The van der Waals surface area contributed by atoms with Crippen LogP contribution in [0.2, 0.25) is 0 Å². The molecule has 0 fully saturated rings. The van der Waals surface area contributed by atoms with Gasteiger partial charge in [-0.25, -0.2) is 0 Å². The van der Waals surface area contributed by atoms with Crippen molar-refractivity contribution in [2.75, 3.05) is 7.11 Å². The Morgan fingerprint density at radius 3 is 2.92 bits per heavy atom. The van der Waals surface area contributed by atoms with Crippen molar-refractivity contribution in [3.63, 3.8) is 0 Å². The van der Waals surface area contributed by atoms with E-state index >= 15 is 0 Å². The number of nitrogens with zero attached hydrogens (tertiary/aromatic N) is 2. The highest BCUT2D eigenvalue weighted by Crippen LogP contribution is 2.20. The van der Waals surface area contributed by atoms with Gasteiger partial charge >= 0.3 is 0 Å². The highest BCUT2D eigenvalue weighted by Gasteiger charge is 2.10. The van der Waals surface area contributed by atoms with E-state index in [1.54, 1.807) is 30.3 Å². The van der Waals surface area contributed by atoms with Crippen molar-refractivity contribution >= 4 is 0 Å². The molecule has 13 heavy (non-hydrogen) atoms. The number of benzene rings is 1. The van der Waals surface area contributed by atoms with Crippen LogP contribution in [-0.4, -0.2) is 7.11 Å². The highest BCUT2D eigenvalue weighted by atomic mass is 16.5. The molecule has 1 aromatic carbocycles. The zero-order chi connectivity index (χ0) is 9.68. The first-order valence-corrected chi connectivity index (χ1v) is 3.68. The summed E-state index contributed by atoms with van der Waals surface area (Å²) in [5, 5.41) is 11.2. The van der Waals surface area contributed by atoms with Gasteiger partial charge in [0.25, 0.3) is 0 Å². The van der Waals surface area contributed by atoms with Crippen LogP contribution < -0.4 is 4.74 Å². The van der Waals surface area contributed by atoms with E-state index in [4.69, 9.17) is 10.00 Å². The molecule has 0 saturated carbocycles. The predicted molar refractivity (Wildman–Crippen MR) is 47.1 cm³/mol. The fourth-order valence-electron chi connectivity index (χ4n) is 0.971. The first-order chi connectivity index (χ1) is 6.31. The zero-order valence-corrected chi connectivity index (χ0v) is 7.10. The van der Waals surface area contributed by atoms with E-state index in [0.717, 1.165) is 0 Å². The van der Waals surface area contributed by atoms with E-state index in [2.05, 4.69) is 5.18 Å². The molecule has 0 heterocycles. The summed E-state index contributed by atoms with van der Waals surface area (Å²) in [6.45, 7) is 0. The van der Waals surface area contributed by atoms with Gasteiger partial charge in [0.15, 0.2) is 0 Å². The Labute approximate surface area is 75.7 Å². The minimum atomic E-state index is -0.949. The minimum Gasteiger partial charge on any atom is -0.497 e. The Kier molecular flexibility index (Phi) is 2.98. The van der Waals surface area contributed by atoms with Crippen molar-refractivity contribution in [3.05, 3.63) is 34.7 Å². The average Bonchev–Trinajstić information content (AvgIpc) is 2.20. The molecule has 1 unspecified atom stereocenters. The van der Waals surface area contributed by atoms with Crippen molar-refractivity contribution in [1.29, 1.82) is 5.26 Å². The van der Waals surface area contributed by atoms with Gasteiger partial charge in [-0.3, -0.25) is 0 Å². The Morgan fingerprint density at radius 2 is 2.38 bits per heavy atom. The van der Waals surface area contributed by atoms with E-state index in [1.165, 1.54) is 7.11 Å². The minimum absolute atomic E-state index is 0.553. The third-order valence-corrected chi connectivity index (χ3v) is 1.64. The molecule has 4 nitrogen and oxygen atoms in total. The molecule has 0 spiro atoms. The molecule has 0 aliphatic rings. The van der Waals surface area contributed by atoms with Crippen LogP contribution in [0.5, 0.6) is 5.75 Å². The molecule has 0 aromatic heterocycles. The standard InChI is InChI=1S/C9H8N2O2/c1-13-8-4-2-3-7(5-8)9(6-10)11-12/h2-5,9H,1H3. The summed E-state index contributed by atoms with van der Waals surface area (Å²) in [6.07, 6.45) is 0. The molecule has 66 valence electrons. The second kappa shape index (κ2) is 4.21. The number of ether oxygens (including phenoxy) is 1. The number of hydrogen-bond donors (Lipinski definition) is 0. The van der Waals surface area contributed by atoms with Gasteiger partial charge in [0.1, 0.15) is 5.75 Å². The fourth-order valence-corrected chi connectivity index (χ4v) is 0.971. The molecule has 1 atom stereocenters. The molecule has 0 amide bonds. The highest BCUT2D eigenvalue weighted by molar-refractivity contribution is 5.32. The second-order valence-corrected chi connectivity index (χ2v) is 2.41. The summed E-state index contributed by atoms with van der Waals surface area (Å²) < 4.78 is 4.94. The number of nitriles is 1. The largest absolute Gasteiger partial charge is 0.497 e. The summed E-state index contributed by atoms with van der Waals surface area (Å²) in [5.41, 5.74) is 0.553. The van der Waals surface area contributed by atoms with Crippen LogP contribution in [0.1, 0.15) is 11.6 Å². The van der Waals surface area contributed by atoms with Crippen LogP contribution in [0, 0.1) is 16.2 Å². The van der Waals surface area contributed by atoms with Crippen molar-refractivity contribution in [3.8, 4) is 11.8 Å². The SMILES string of the molecule is COc1cccc(C(C#N)N=O)c1. The van der Waals surface area contributed by atoms with Crippen LogP contribution in [0.4, 0.5) is 0 Å². The average molecular weight is 176 g/mol. The van der Waals surface area contributed by atoms with Crippen molar-refractivity contribution in [2.45, 2.75) is 6.04 Å². The first kappa shape index (κ1) is 9.20. The van der Waals surface area contributed by atoms with Crippen molar-refractivity contribution in [2.24, 2.45) is 5.18 Å². The fraction of sp³-hybridized carbons (Fsp3) is 0.222.